The molecule has 31 heavy (non-hydrogen) atoms. The van der Waals surface area contributed by atoms with E-state index in [9.17, 15) is 19.5 Å². The van der Waals surface area contributed by atoms with E-state index in [1.165, 1.54) is 6.92 Å². The molecule has 0 saturated heterocycles. The number of ether oxygens (including phenoxy) is 2. The van der Waals surface area contributed by atoms with Crippen LogP contribution in [0.1, 0.15) is 24.5 Å². The van der Waals surface area contributed by atoms with E-state index in [1.54, 1.807) is 24.3 Å². The van der Waals surface area contributed by atoms with E-state index < -0.39 is 17.9 Å². The maximum Gasteiger partial charge on any atom is 0.326 e. The van der Waals surface area contributed by atoms with Gasteiger partial charge in [-0.15, -0.1) is 0 Å². The number of aliphatic carboxylic acids is 1. The minimum absolute atomic E-state index is 0.126. The van der Waals surface area contributed by atoms with Crippen LogP contribution in [0.5, 0.6) is 11.5 Å². The van der Waals surface area contributed by atoms with Gasteiger partial charge in [-0.1, -0.05) is 48.2 Å². The summed E-state index contributed by atoms with van der Waals surface area (Å²) in [4.78, 5) is 36.0. The number of carbonyl (C=O) groups is 3. The molecule has 0 aromatic heterocycles. The first kappa shape index (κ1) is 22.4. The summed E-state index contributed by atoms with van der Waals surface area (Å²) in [6, 6.07) is 13.7. The van der Waals surface area contributed by atoms with Crippen molar-refractivity contribution in [3.63, 3.8) is 0 Å². The molecule has 0 saturated carbocycles. The van der Waals surface area contributed by atoms with Gasteiger partial charge in [0.25, 0.3) is 0 Å². The lowest BCUT2D eigenvalue weighted by Gasteiger charge is -2.16. The van der Waals surface area contributed by atoms with E-state index in [0.717, 1.165) is 17.3 Å². The van der Waals surface area contributed by atoms with E-state index in [4.69, 9.17) is 9.47 Å². The normalized spacial score (nSPS) is 13.5. The third-order valence-electron chi connectivity index (χ3n) is 4.63. The Labute approximate surface area is 184 Å². The second kappa shape index (κ2) is 10.7. The van der Waals surface area contributed by atoms with Crippen molar-refractivity contribution in [2.24, 2.45) is 0 Å². The fraction of sp³-hybridized carbons (Fsp3) is 0.261. The van der Waals surface area contributed by atoms with Gasteiger partial charge in [0.15, 0.2) is 16.6 Å². The van der Waals surface area contributed by atoms with Crippen LogP contribution in [0.25, 0.3) is 6.08 Å². The number of nitrogens with one attached hydrogen (secondary N) is 1. The Morgan fingerprint density at radius 3 is 2.58 bits per heavy atom. The van der Waals surface area contributed by atoms with E-state index in [-0.39, 0.29) is 24.1 Å². The number of benzene rings is 2. The Morgan fingerprint density at radius 1 is 1.13 bits per heavy atom. The van der Waals surface area contributed by atoms with Crippen molar-refractivity contribution in [1.29, 1.82) is 0 Å². The van der Waals surface area contributed by atoms with Crippen LogP contribution in [0.2, 0.25) is 0 Å². The smallest absolute Gasteiger partial charge is 0.326 e. The molecule has 1 amide bonds. The van der Waals surface area contributed by atoms with Crippen LogP contribution >= 0.6 is 11.8 Å². The van der Waals surface area contributed by atoms with Gasteiger partial charge in [0.1, 0.15) is 6.04 Å². The van der Waals surface area contributed by atoms with Crippen LogP contribution < -0.4 is 14.8 Å². The van der Waals surface area contributed by atoms with Crippen molar-refractivity contribution in [3.05, 3.63) is 65.2 Å². The lowest BCUT2D eigenvalue weighted by molar-refractivity contribution is -0.141. The highest BCUT2D eigenvalue weighted by Crippen LogP contribution is 2.33. The number of amides is 1. The molecular formula is C23H23NO6S. The van der Waals surface area contributed by atoms with Crippen molar-refractivity contribution < 1.29 is 29.0 Å². The fourth-order valence-corrected chi connectivity index (χ4v) is 3.59. The van der Waals surface area contributed by atoms with Crippen LogP contribution in [0.4, 0.5) is 0 Å². The van der Waals surface area contributed by atoms with Gasteiger partial charge in [0.2, 0.25) is 12.7 Å². The monoisotopic (exact) mass is 441 g/mol. The van der Waals surface area contributed by atoms with Crippen LogP contribution in [0, 0.1) is 0 Å². The number of carboxylic acid groups (broad SMARTS) is 1. The third-order valence-corrected chi connectivity index (χ3v) is 5.49. The number of hydrogen-bond donors (Lipinski definition) is 2. The molecule has 162 valence electrons. The first-order valence-corrected chi connectivity index (χ1v) is 10.7. The summed E-state index contributed by atoms with van der Waals surface area (Å²) in [5, 5.41) is 12.0. The first-order valence-electron chi connectivity index (χ1n) is 9.73. The maximum atomic E-state index is 12.9. The Balaban J connectivity index is 1.74. The summed E-state index contributed by atoms with van der Waals surface area (Å²) in [6.07, 6.45) is 2.40. The van der Waals surface area contributed by atoms with Crippen LogP contribution in [-0.4, -0.2) is 40.7 Å². The van der Waals surface area contributed by atoms with Gasteiger partial charge < -0.3 is 19.9 Å². The molecule has 3 rings (SSSR count). The molecule has 0 fully saturated rings. The Bertz CT molecular complexity index is 989. The van der Waals surface area contributed by atoms with Gasteiger partial charge in [0.05, 0.1) is 0 Å². The predicted molar refractivity (Wildman–Crippen MR) is 118 cm³/mol. The highest BCUT2D eigenvalue weighted by atomic mass is 32.2. The number of aryl methyl sites for hydroxylation is 1. The Hall–Kier alpha value is -3.26. The molecule has 0 bridgehead atoms. The predicted octanol–water partition coefficient (Wildman–Crippen LogP) is 3.28. The molecule has 8 heteroatoms. The van der Waals surface area contributed by atoms with Gasteiger partial charge in [-0.25, -0.2) is 4.79 Å². The Morgan fingerprint density at radius 2 is 1.87 bits per heavy atom. The maximum absolute atomic E-state index is 12.9. The lowest BCUT2D eigenvalue weighted by atomic mass is 10.0. The second-order valence-electron chi connectivity index (χ2n) is 6.95. The second-order valence-corrected chi connectivity index (χ2v) is 8.10. The molecule has 1 aliphatic rings. The third kappa shape index (κ3) is 6.62. The average Bonchev–Trinajstić information content (AvgIpc) is 3.22. The number of carbonyl (C=O) groups excluding carboxylic acids is 2. The molecule has 0 spiro atoms. The zero-order chi connectivity index (χ0) is 22.2. The average molecular weight is 442 g/mol. The van der Waals surface area contributed by atoms with Crippen molar-refractivity contribution in [2.45, 2.75) is 25.8 Å². The number of thioether (sulfide) groups is 1. The van der Waals surface area contributed by atoms with Crippen molar-refractivity contribution in [3.8, 4) is 11.5 Å². The summed E-state index contributed by atoms with van der Waals surface area (Å²) < 4.78 is 10.7. The van der Waals surface area contributed by atoms with Crippen LogP contribution in [0.15, 0.2) is 54.1 Å². The van der Waals surface area contributed by atoms with Gasteiger partial charge in [-0.05, 0) is 42.2 Å². The summed E-state index contributed by atoms with van der Waals surface area (Å²) in [6.45, 7) is 1.55. The van der Waals surface area contributed by atoms with E-state index in [2.05, 4.69) is 5.32 Å². The molecule has 2 aromatic rings. The van der Waals surface area contributed by atoms with Crippen LogP contribution in [-0.2, 0) is 20.8 Å². The quantitative estimate of drug-likeness (QED) is 0.576. The number of hydrogen-bond acceptors (Lipinski definition) is 6. The highest BCUT2D eigenvalue weighted by Gasteiger charge is 2.22. The summed E-state index contributed by atoms with van der Waals surface area (Å²) in [5.74, 6) is -0.314. The molecular weight excluding hydrogens is 418 g/mol. The van der Waals surface area contributed by atoms with E-state index >= 15 is 0 Å². The van der Waals surface area contributed by atoms with Crippen molar-refractivity contribution in [1.82, 2.24) is 5.32 Å². The number of fused-ring (bicyclic) bond motifs is 1. The SMILES string of the molecule is CC(=O)SC/C(=C\c1ccc2c(c1)OCO2)C(=O)N[C@@H](CCc1ccccc1)C(=O)O. The lowest BCUT2D eigenvalue weighted by Crippen LogP contribution is -2.42. The molecule has 1 aliphatic heterocycles. The Kier molecular flexibility index (Phi) is 7.72. The zero-order valence-corrected chi connectivity index (χ0v) is 17.8. The standard InChI is InChI=1S/C23H23NO6S/c1-15(25)31-13-18(11-17-8-10-20-21(12-17)30-14-29-20)22(26)24-19(23(27)28)9-7-16-5-3-2-4-6-16/h2-6,8,10-12,19H,7,9,13-14H2,1H3,(H,24,26)(H,27,28)/b18-11+/t19-/m0/s1. The fourth-order valence-electron chi connectivity index (χ4n) is 3.02. The summed E-state index contributed by atoms with van der Waals surface area (Å²) >= 11 is 0.987. The molecule has 7 nitrogen and oxygen atoms in total. The summed E-state index contributed by atoms with van der Waals surface area (Å²) in [5.41, 5.74) is 1.98. The minimum atomic E-state index is -1.11. The van der Waals surface area contributed by atoms with E-state index in [1.807, 2.05) is 30.3 Å². The van der Waals surface area contributed by atoms with Crippen molar-refractivity contribution >= 4 is 34.8 Å². The van der Waals surface area contributed by atoms with Gasteiger partial charge in [0, 0.05) is 18.2 Å². The molecule has 0 unspecified atom stereocenters. The molecule has 1 atom stereocenters. The topological polar surface area (TPSA) is 102 Å². The van der Waals surface area contributed by atoms with Gasteiger partial charge in [-0.3, -0.25) is 9.59 Å². The molecule has 2 N–H and O–H groups in total. The highest BCUT2D eigenvalue weighted by molar-refractivity contribution is 8.13. The number of rotatable bonds is 9. The summed E-state index contributed by atoms with van der Waals surface area (Å²) in [7, 11) is 0. The van der Waals surface area contributed by atoms with Crippen molar-refractivity contribution in [2.75, 3.05) is 12.5 Å². The van der Waals surface area contributed by atoms with Gasteiger partial charge >= 0.3 is 5.97 Å². The number of carboxylic acids is 1. The van der Waals surface area contributed by atoms with Gasteiger partial charge in [-0.2, -0.15) is 0 Å². The minimum Gasteiger partial charge on any atom is -0.480 e. The zero-order valence-electron chi connectivity index (χ0n) is 17.0. The first-order chi connectivity index (χ1) is 14.9. The molecule has 0 aliphatic carbocycles. The molecule has 0 radical (unpaired) electrons. The largest absolute Gasteiger partial charge is 0.480 e. The molecule has 2 aromatic carbocycles. The molecule has 1 heterocycles. The van der Waals surface area contributed by atoms with E-state index in [0.29, 0.717) is 29.1 Å². The van der Waals surface area contributed by atoms with Crippen LogP contribution in [0.3, 0.4) is 0 Å².